The van der Waals surface area contributed by atoms with Gasteiger partial charge in [-0.25, -0.2) is 0 Å². The maximum absolute atomic E-state index is 12.2. The third-order valence-corrected chi connectivity index (χ3v) is 4.51. The second-order valence-electron chi connectivity index (χ2n) is 5.61. The highest BCUT2D eigenvalue weighted by Gasteiger charge is 2.41. The van der Waals surface area contributed by atoms with Gasteiger partial charge in [-0.15, -0.1) is 0 Å². The summed E-state index contributed by atoms with van der Waals surface area (Å²) in [5, 5.41) is 12.2. The van der Waals surface area contributed by atoms with E-state index in [9.17, 15) is 14.7 Å². The molecule has 2 N–H and O–H groups in total. The lowest BCUT2D eigenvalue weighted by molar-refractivity contribution is -0.146. The van der Waals surface area contributed by atoms with Gasteiger partial charge in [0, 0.05) is 13.1 Å². The van der Waals surface area contributed by atoms with Gasteiger partial charge in [-0.1, -0.05) is 27.2 Å². The van der Waals surface area contributed by atoms with Crippen molar-refractivity contribution < 1.29 is 14.7 Å². The number of carbonyl (C=O) groups excluding carboxylic acids is 1. The van der Waals surface area contributed by atoms with Crippen LogP contribution in [0.2, 0.25) is 0 Å². The lowest BCUT2D eigenvalue weighted by atomic mass is 9.95. The Balaban J connectivity index is 2.46. The first-order chi connectivity index (χ1) is 9.53. The van der Waals surface area contributed by atoms with Crippen LogP contribution in [0.1, 0.15) is 40.0 Å². The average molecular weight is 284 g/mol. The van der Waals surface area contributed by atoms with Gasteiger partial charge in [0.15, 0.2) is 0 Å². The van der Waals surface area contributed by atoms with Gasteiger partial charge in [0.2, 0.25) is 5.91 Å². The van der Waals surface area contributed by atoms with Crippen LogP contribution in [0.15, 0.2) is 0 Å². The van der Waals surface area contributed by atoms with Crippen LogP contribution in [0, 0.1) is 17.8 Å². The molecule has 1 rings (SSSR count). The van der Waals surface area contributed by atoms with Crippen LogP contribution >= 0.6 is 0 Å². The van der Waals surface area contributed by atoms with E-state index in [-0.39, 0.29) is 11.8 Å². The largest absolute Gasteiger partial charge is 0.481 e. The first kappa shape index (κ1) is 17.0. The second-order valence-corrected chi connectivity index (χ2v) is 5.61. The number of hydrogen-bond donors (Lipinski definition) is 2. The molecular weight excluding hydrogens is 256 g/mol. The maximum atomic E-state index is 12.2. The number of hydrogen-bond acceptors (Lipinski definition) is 3. The third-order valence-electron chi connectivity index (χ3n) is 4.51. The Kier molecular flexibility index (Phi) is 6.99. The van der Waals surface area contributed by atoms with E-state index in [2.05, 4.69) is 31.0 Å². The molecule has 1 aliphatic rings. The molecule has 1 unspecified atom stereocenters. The molecule has 0 spiro atoms. The molecule has 0 aromatic heterocycles. The van der Waals surface area contributed by atoms with Crippen molar-refractivity contribution >= 4 is 11.9 Å². The number of carbonyl (C=O) groups is 2. The van der Waals surface area contributed by atoms with Crippen molar-refractivity contribution in [3.05, 3.63) is 0 Å². The van der Waals surface area contributed by atoms with E-state index >= 15 is 0 Å². The van der Waals surface area contributed by atoms with Crippen LogP contribution in [0.25, 0.3) is 0 Å². The van der Waals surface area contributed by atoms with Crippen LogP contribution in [0.4, 0.5) is 0 Å². The summed E-state index contributed by atoms with van der Waals surface area (Å²) < 4.78 is 0. The minimum atomic E-state index is -0.829. The van der Waals surface area contributed by atoms with E-state index in [0.29, 0.717) is 25.3 Å². The monoisotopic (exact) mass is 284 g/mol. The van der Waals surface area contributed by atoms with Gasteiger partial charge in [-0.2, -0.15) is 0 Å². The average Bonchev–Trinajstić information content (AvgIpc) is 2.88. The fourth-order valence-electron chi connectivity index (χ4n) is 3.05. The molecule has 0 aliphatic heterocycles. The smallest absolute Gasteiger partial charge is 0.307 e. The highest BCUT2D eigenvalue weighted by atomic mass is 16.4. The van der Waals surface area contributed by atoms with Gasteiger partial charge in [-0.3, -0.25) is 9.59 Å². The molecule has 1 fully saturated rings. The molecule has 3 atom stereocenters. The van der Waals surface area contributed by atoms with Crippen LogP contribution in [0.5, 0.6) is 0 Å². The van der Waals surface area contributed by atoms with Gasteiger partial charge >= 0.3 is 5.97 Å². The van der Waals surface area contributed by atoms with E-state index in [1.54, 1.807) is 0 Å². The zero-order valence-corrected chi connectivity index (χ0v) is 12.9. The minimum Gasteiger partial charge on any atom is -0.481 e. The first-order valence-electron chi connectivity index (χ1n) is 7.76. The first-order valence-corrected chi connectivity index (χ1v) is 7.76. The highest BCUT2D eigenvalue weighted by Crippen LogP contribution is 2.38. The summed E-state index contributed by atoms with van der Waals surface area (Å²) in [5.74, 6) is -1.40. The Bertz CT molecular complexity index is 329. The van der Waals surface area contributed by atoms with E-state index in [1.165, 1.54) is 0 Å². The Morgan fingerprint density at radius 2 is 1.75 bits per heavy atom. The minimum absolute atomic E-state index is 0.0829. The fourth-order valence-corrected chi connectivity index (χ4v) is 3.05. The Labute approximate surface area is 121 Å². The zero-order chi connectivity index (χ0) is 15.1. The Morgan fingerprint density at radius 1 is 1.15 bits per heavy atom. The van der Waals surface area contributed by atoms with E-state index in [0.717, 1.165) is 26.1 Å². The number of rotatable bonds is 8. The van der Waals surface area contributed by atoms with Crippen LogP contribution < -0.4 is 5.32 Å². The lowest BCUT2D eigenvalue weighted by Gasteiger charge is -2.20. The molecule has 20 heavy (non-hydrogen) atoms. The van der Waals surface area contributed by atoms with Gasteiger partial charge in [0.05, 0.1) is 11.8 Å². The Morgan fingerprint density at radius 3 is 2.25 bits per heavy atom. The van der Waals surface area contributed by atoms with Crippen molar-refractivity contribution in [2.45, 2.75) is 40.0 Å². The molecule has 0 bridgehead atoms. The summed E-state index contributed by atoms with van der Waals surface area (Å²) in [5.41, 5.74) is 0. The maximum Gasteiger partial charge on any atom is 0.307 e. The summed E-state index contributed by atoms with van der Waals surface area (Å²) in [6.45, 7) is 9.59. The van der Waals surface area contributed by atoms with Crippen LogP contribution in [0.3, 0.4) is 0 Å². The fraction of sp³-hybridized carbons (Fsp3) is 0.867. The number of aliphatic carboxylic acids is 1. The lowest BCUT2D eigenvalue weighted by Crippen LogP contribution is -2.39. The van der Waals surface area contributed by atoms with Crippen LogP contribution in [-0.2, 0) is 9.59 Å². The molecule has 1 amide bonds. The summed E-state index contributed by atoms with van der Waals surface area (Å²) in [4.78, 5) is 25.7. The summed E-state index contributed by atoms with van der Waals surface area (Å²) in [7, 11) is 0. The number of amides is 1. The Hall–Kier alpha value is -1.10. The molecule has 5 heteroatoms. The van der Waals surface area contributed by atoms with Crippen molar-refractivity contribution in [3.63, 3.8) is 0 Å². The molecule has 0 heterocycles. The van der Waals surface area contributed by atoms with E-state index in [4.69, 9.17) is 0 Å². The molecule has 0 aromatic carbocycles. The van der Waals surface area contributed by atoms with Crippen LogP contribution in [-0.4, -0.2) is 48.1 Å². The van der Waals surface area contributed by atoms with Gasteiger partial charge < -0.3 is 15.3 Å². The second kappa shape index (κ2) is 8.25. The normalized spacial score (nSPS) is 25.9. The SMILES string of the molecule is CCC1C[C@H](C(=O)NCCN(CC)CC)[C@H](C(=O)O)C1. The molecule has 116 valence electrons. The summed E-state index contributed by atoms with van der Waals surface area (Å²) >= 11 is 0. The standard InChI is InChI=1S/C15H28N2O3/c1-4-11-9-12(13(10-11)15(19)20)14(18)16-7-8-17(5-2)6-3/h11-13H,4-10H2,1-3H3,(H,16,18)(H,19,20)/t11?,12-,13+/m0/s1. The van der Waals surface area contributed by atoms with Gasteiger partial charge in [-0.05, 0) is 31.8 Å². The van der Waals surface area contributed by atoms with Crippen molar-refractivity contribution in [1.29, 1.82) is 0 Å². The van der Waals surface area contributed by atoms with Crippen molar-refractivity contribution in [3.8, 4) is 0 Å². The molecule has 0 saturated heterocycles. The van der Waals surface area contributed by atoms with Gasteiger partial charge in [0.25, 0.3) is 0 Å². The van der Waals surface area contributed by atoms with E-state index < -0.39 is 11.9 Å². The zero-order valence-electron chi connectivity index (χ0n) is 12.9. The molecular formula is C15H28N2O3. The number of nitrogens with zero attached hydrogens (tertiary/aromatic N) is 1. The summed E-state index contributed by atoms with van der Waals surface area (Å²) in [6, 6.07) is 0. The number of likely N-dealkylation sites (N-methyl/N-ethyl adjacent to an activating group) is 1. The molecule has 5 nitrogen and oxygen atoms in total. The van der Waals surface area contributed by atoms with Crippen molar-refractivity contribution in [1.82, 2.24) is 10.2 Å². The summed E-state index contributed by atoms with van der Waals surface area (Å²) in [6.07, 6.45) is 2.30. The molecule has 0 radical (unpaired) electrons. The number of carboxylic acid groups (broad SMARTS) is 1. The van der Waals surface area contributed by atoms with Crippen molar-refractivity contribution in [2.75, 3.05) is 26.2 Å². The van der Waals surface area contributed by atoms with Crippen molar-refractivity contribution in [2.24, 2.45) is 17.8 Å². The highest BCUT2D eigenvalue weighted by molar-refractivity contribution is 5.85. The topological polar surface area (TPSA) is 69.6 Å². The molecule has 0 aromatic rings. The predicted molar refractivity (Wildman–Crippen MR) is 78.4 cm³/mol. The predicted octanol–water partition coefficient (Wildman–Crippen LogP) is 1.58. The molecule has 1 saturated carbocycles. The molecule has 1 aliphatic carbocycles. The van der Waals surface area contributed by atoms with Gasteiger partial charge in [0.1, 0.15) is 0 Å². The number of carboxylic acids is 1. The quantitative estimate of drug-likeness (QED) is 0.710. The third kappa shape index (κ3) is 4.47. The van der Waals surface area contributed by atoms with E-state index in [1.807, 2.05) is 0 Å². The number of nitrogens with one attached hydrogen (secondary N) is 1.